The molecule has 2 aromatic rings. The van der Waals surface area contributed by atoms with Crippen LogP contribution < -0.4 is 0 Å². The van der Waals surface area contributed by atoms with Crippen molar-refractivity contribution in [3.63, 3.8) is 0 Å². The molecule has 1 aliphatic rings. The zero-order chi connectivity index (χ0) is 14.8. The molecular weight excluding hydrogens is 264 g/mol. The van der Waals surface area contributed by atoms with Gasteiger partial charge in [-0.1, -0.05) is 38.1 Å². The Hall–Kier alpha value is -2.23. The van der Waals surface area contributed by atoms with Crippen LogP contribution in [0.1, 0.15) is 36.8 Å². The number of aromatic nitrogens is 2. The Morgan fingerprint density at radius 3 is 2.52 bits per heavy atom. The van der Waals surface area contributed by atoms with E-state index in [-0.39, 0.29) is 0 Å². The van der Waals surface area contributed by atoms with Crippen LogP contribution in [0.25, 0.3) is 17.0 Å². The summed E-state index contributed by atoms with van der Waals surface area (Å²) >= 11 is 0. The lowest BCUT2D eigenvalue weighted by Crippen LogP contribution is -2.08. The number of imidazole rings is 1. The van der Waals surface area contributed by atoms with E-state index in [0.717, 1.165) is 34.1 Å². The van der Waals surface area contributed by atoms with Crippen LogP contribution in [0.3, 0.4) is 0 Å². The average molecular weight is 284 g/mol. The predicted molar refractivity (Wildman–Crippen MR) is 82.7 cm³/mol. The standard InChI is InChI=1S/C17H20N2O2/c1-11(2)17-18-12(3)16(19-17)14-7-5-4-6-13(14)15-10-20-8-9-21-15/h4-7,10-11H,8-9H2,1-3H3,(H,18,19). The highest BCUT2D eigenvalue weighted by Gasteiger charge is 2.18. The second kappa shape index (κ2) is 5.64. The molecular formula is C17H20N2O2. The quantitative estimate of drug-likeness (QED) is 0.931. The molecule has 2 heterocycles. The van der Waals surface area contributed by atoms with Gasteiger partial charge in [-0.15, -0.1) is 0 Å². The van der Waals surface area contributed by atoms with Gasteiger partial charge in [0.2, 0.25) is 0 Å². The molecule has 1 aromatic heterocycles. The molecule has 0 aliphatic carbocycles. The molecule has 1 aliphatic heterocycles. The SMILES string of the molecule is Cc1[nH]c(C(C)C)nc1-c1ccccc1C1=COCCO1. The van der Waals surface area contributed by atoms with Crippen molar-refractivity contribution in [2.45, 2.75) is 26.7 Å². The van der Waals surface area contributed by atoms with E-state index >= 15 is 0 Å². The van der Waals surface area contributed by atoms with Gasteiger partial charge < -0.3 is 14.5 Å². The first kappa shape index (κ1) is 13.7. The van der Waals surface area contributed by atoms with Crippen LogP contribution in [0.2, 0.25) is 0 Å². The van der Waals surface area contributed by atoms with Gasteiger partial charge in [-0.25, -0.2) is 4.98 Å². The molecule has 0 unspecified atom stereocenters. The van der Waals surface area contributed by atoms with E-state index in [1.165, 1.54) is 0 Å². The summed E-state index contributed by atoms with van der Waals surface area (Å²) in [7, 11) is 0. The van der Waals surface area contributed by atoms with Crippen molar-refractivity contribution in [3.05, 3.63) is 47.6 Å². The first-order chi connectivity index (χ1) is 10.2. The second-order valence-corrected chi connectivity index (χ2v) is 5.50. The van der Waals surface area contributed by atoms with E-state index in [0.29, 0.717) is 19.1 Å². The summed E-state index contributed by atoms with van der Waals surface area (Å²) in [5.41, 5.74) is 4.13. The van der Waals surface area contributed by atoms with E-state index in [9.17, 15) is 0 Å². The Kier molecular flexibility index (Phi) is 3.69. The monoisotopic (exact) mass is 284 g/mol. The minimum Gasteiger partial charge on any atom is -0.494 e. The summed E-state index contributed by atoms with van der Waals surface area (Å²) in [5, 5.41) is 0. The first-order valence-corrected chi connectivity index (χ1v) is 7.27. The van der Waals surface area contributed by atoms with Crippen molar-refractivity contribution >= 4 is 5.76 Å². The topological polar surface area (TPSA) is 47.1 Å². The molecule has 0 fully saturated rings. The van der Waals surface area contributed by atoms with Crippen molar-refractivity contribution in [2.24, 2.45) is 0 Å². The van der Waals surface area contributed by atoms with Crippen molar-refractivity contribution in [1.82, 2.24) is 9.97 Å². The third kappa shape index (κ3) is 2.66. The Morgan fingerprint density at radius 2 is 1.90 bits per heavy atom. The van der Waals surface area contributed by atoms with Crippen molar-refractivity contribution in [2.75, 3.05) is 13.2 Å². The molecule has 21 heavy (non-hydrogen) atoms. The Labute approximate surface area is 124 Å². The Balaban J connectivity index is 2.08. The van der Waals surface area contributed by atoms with Crippen LogP contribution in [0.15, 0.2) is 30.5 Å². The number of aryl methyl sites for hydroxylation is 1. The summed E-state index contributed by atoms with van der Waals surface area (Å²) in [5.74, 6) is 2.15. The van der Waals surface area contributed by atoms with Crippen LogP contribution in [-0.4, -0.2) is 23.2 Å². The zero-order valence-corrected chi connectivity index (χ0v) is 12.6. The highest BCUT2D eigenvalue weighted by Crippen LogP contribution is 2.32. The number of rotatable bonds is 3. The van der Waals surface area contributed by atoms with Crippen LogP contribution >= 0.6 is 0 Å². The molecule has 110 valence electrons. The minimum absolute atomic E-state index is 0.373. The fourth-order valence-corrected chi connectivity index (χ4v) is 2.43. The van der Waals surface area contributed by atoms with Crippen LogP contribution in [0, 0.1) is 6.92 Å². The lowest BCUT2D eigenvalue weighted by Gasteiger charge is -2.17. The summed E-state index contributed by atoms with van der Waals surface area (Å²) < 4.78 is 11.1. The molecule has 4 nitrogen and oxygen atoms in total. The molecule has 0 amide bonds. The number of benzene rings is 1. The third-order valence-corrected chi connectivity index (χ3v) is 3.55. The van der Waals surface area contributed by atoms with E-state index in [1.54, 1.807) is 6.26 Å². The van der Waals surface area contributed by atoms with Crippen LogP contribution in [-0.2, 0) is 9.47 Å². The molecule has 0 saturated heterocycles. The van der Waals surface area contributed by atoms with Gasteiger partial charge in [0.15, 0.2) is 5.76 Å². The molecule has 0 spiro atoms. The molecule has 4 heteroatoms. The van der Waals surface area contributed by atoms with Crippen LogP contribution in [0.4, 0.5) is 0 Å². The summed E-state index contributed by atoms with van der Waals surface area (Å²) in [4.78, 5) is 8.13. The lowest BCUT2D eigenvalue weighted by atomic mass is 10.0. The van der Waals surface area contributed by atoms with Crippen molar-refractivity contribution < 1.29 is 9.47 Å². The molecule has 3 rings (SSSR count). The summed E-state index contributed by atoms with van der Waals surface area (Å²) in [6.07, 6.45) is 1.69. The molecule has 1 N–H and O–H groups in total. The number of hydrogen-bond donors (Lipinski definition) is 1. The van der Waals surface area contributed by atoms with E-state index in [4.69, 9.17) is 14.5 Å². The van der Waals surface area contributed by atoms with Gasteiger partial charge in [0.05, 0.1) is 5.69 Å². The van der Waals surface area contributed by atoms with Gasteiger partial charge in [0.1, 0.15) is 25.3 Å². The Bertz CT molecular complexity index is 671. The molecule has 0 radical (unpaired) electrons. The van der Waals surface area contributed by atoms with Gasteiger partial charge in [-0.3, -0.25) is 0 Å². The maximum absolute atomic E-state index is 5.72. The average Bonchev–Trinajstić information content (AvgIpc) is 2.90. The predicted octanol–water partition coefficient (Wildman–Crippen LogP) is 3.85. The van der Waals surface area contributed by atoms with E-state index in [1.807, 2.05) is 18.2 Å². The van der Waals surface area contributed by atoms with E-state index in [2.05, 4.69) is 31.8 Å². The molecule has 0 atom stereocenters. The number of aromatic amines is 1. The van der Waals surface area contributed by atoms with Crippen molar-refractivity contribution in [3.8, 4) is 11.3 Å². The summed E-state index contributed by atoms with van der Waals surface area (Å²) in [6.45, 7) is 7.50. The van der Waals surface area contributed by atoms with Crippen molar-refractivity contribution in [1.29, 1.82) is 0 Å². The van der Waals surface area contributed by atoms with Gasteiger partial charge in [0.25, 0.3) is 0 Å². The largest absolute Gasteiger partial charge is 0.494 e. The maximum atomic E-state index is 5.72. The summed E-state index contributed by atoms with van der Waals surface area (Å²) in [6, 6.07) is 8.13. The van der Waals surface area contributed by atoms with Gasteiger partial charge in [-0.2, -0.15) is 0 Å². The van der Waals surface area contributed by atoms with Gasteiger partial charge in [0, 0.05) is 22.7 Å². The van der Waals surface area contributed by atoms with Crippen LogP contribution in [0.5, 0.6) is 0 Å². The highest BCUT2D eigenvalue weighted by molar-refractivity contribution is 5.78. The number of nitrogens with one attached hydrogen (secondary N) is 1. The fourth-order valence-electron chi connectivity index (χ4n) is 2.43. The molecule has 1 aromatic carbocycles. The van der Waals surface area contributed by atoms with E-state index < -0.39 is 0 Å². The number of nitrogens with zero attached hydrogens (tertiary/aromatic N) is 1. The zero-order valence-electron chi connectivity index (χ0n) is 12.6. The third-order valence-electron chi connectivity index (χ3n) is 3.55. The van der Waals surface area contributed by atoms with Gasteiger partial charge >= 0.3 is 0 Å². The molecule has 0 bridgehead atoms. The van der Waals surface area contributed by atoms with Gasteiger partial charge in [-0.05, 0) is 6.92 Å². The Morgan fingerprint density at radius 1 is 1.14 bits per heavy atom. The fraction of sp³-hybridized carbons (Fsp3) is 0.353. The number of H-pyrrole nitrogens is 1. The number of hydrogen-bond acceptors (Lipinski definition) is 3. The number of ether oxygens (including phenoxy) is 2. The smallest absolute Gasteiger partial charge is 0.161 e. The highest BCUT2D eigenvalue weighted by atomic mass is 16.6. The second-order valence-electron chi connectivity index (χ2n) is 5.50. The minimum atomic E-state index is 0.373. The lowest BCUT2D eigenvalue weighted by molar-refractivity contribution is 0.125. The molecule has 0 saturated carbocycles. The maximum Gasteiger partial charge on any atom is 0.161 e. The normalized spacial score (nSPS) is 14.6. The first-order valence-electron chi connectivity index (χ1n) is 7.27.